The van der Waals surface area contributed by atoms with Crippen LogP contribution in [0.15, 0.2) is 0 Å². The molecular formula is C10H16O7. The Morgan fingerprint density at radius 3 is 1.71 bits per heavy atom. The zero-order chi connectivity index (χ0) is 13.2. The van der Waals surface area contributed by atoms with Gasteiger partial charge < -0.3 is 34.4 Å². The molecule has 17 heavy (non-hydrogen) atoms. The molecule has 1 aliphatic heterocycles. The van der Waals surface area contributed by atoms with Crippen LogP contribution in [0.5, 0.6) is 0 Å². The third-order valence-corrected chi connectivity index (χ3v) is 2.47. The molecule has 0 aromatic heterocycles. The Morgan fingerprint density at radius 1 is 1.06 bits per heavy atom. The molecule has 7 heteroatoms. The molecule has 0 amide bonds. The molecule has 1 fully saturated rings. The normalized spacial score (nSPS) is 35.9. The summed E-state index contributed by atoms with van der Waals surface area (Å²) in [6.07, 6.45) is -6.70. The topological polar surface area (TPSA) is 113 Å². The van der Waals surface area contributed by atoms with Crippen LogP contribution in [-0.4, -0.2) is 64.2 Å². The Balaban J connectivity index is 2.93. The number of ether oxygens (including phenoxy) is 2. The number of hydrogen-bond acceptors (Lipinski definition) is 7. The Kier molecular flexibility index (Phi) is 4.34. The average molecular weight is 248 g/mol. The standard InChI is InChI=1S/C10H16O7/c1-10(2)16-8(5(13)3-11)7(15)9(17-10)6(14)4-12/h3-9,13-15H,1-2H3/t5-,6+,7?,8-,9+. The van der Waals surface area contributed by atoms with Gasteiger partial charge in [0.1, 0.15) is 30.5 Å². The van der Waals surface area contributed by atoms with Gasteiger partial charge in [0.2, 0.25) is 0 Å². The van der Waals surface area contributed by atoms with Crippen LogP contribution in [-0.2, 0) is 19.1 Å². The second-order valence-corrected chi connectivity index (χ2v) is 4.31. The first kappa shape index (κ1) is 14.2. The van der Waals surface area contributed by atoms with Gasteiger partial charge >= 0.3 is 0 Å². The molecule has 1 rings (SSSR count). The number of hydrogen-bond donors (Lipinski definition) is 3. The molecule has 1 aliphatic rings. The molecule has 0 saturated carbocycles. The second-order valence-electron chi connectivity index (χ2n) is 4.31. The number of carbonyl (C=O) groups is 2. The number of aldehydes is 2. The minimum Gasteiger partial charge on any atom is -0.387 e. The highest BCUT2D eigenvalue weighted by Gasteiger charge is 2.47. The van der Waals surface area contributed by atoms with Crippen molar-refractivity contribution in [2.45, 2.75) is 50.2 Å². The summed E-state index contributed by atoms with van der Waals surface area (Å²) in [5, 5.41) is 28.5. The van der Waals surface area contributed by atoms with Crippen molar-refractivity contribution in [3.05, 3.63) is 0 Å². The Bertz CT molecular complexity index is 264. The smallest absolute Gasteiger partial charge is 0.164 e. The van der Waals surface area contributed by atoms with E-state index in [0.29, 0.717) is 0 Å². The SMILES string of the molecule is CC1(C)O[C@@H]([C@@H](O)C=O)C(O)[C@@H]([C@H](O)C=O)O1. The van der Waals surface area contributed by atoms with Crippen molar-refractivity contribution in [1.82, 2.24) is 0 Å². The lowest BCUT2D eigenvalue weighted by molar-refractivity contribution is -0.349. The van der Waals surface area contributed by atoms with Crippen LogP contribution < -0.4 is 0 Å². The summed E-state index contributed by atoms with van der Waals surface area (Å²) < 4.78 is 10.4. The van der Waals surface area contributed by atoms with Gasteiger partial charge in [0.25, 0.3) is 0 Å². The number of aliphatic hydroxyl groups excluding tert-OH is 3. The van der Waals surface area contributed by atoms with Crippen molar-refractivity contribution in [1.29, 1.82) is 0 Å². The minimum atomic E-state index is -1.56. The van der Waals surface area contributed by atoms with E-state index < -0.39 is 36.3 Å². The molecule has 0 radical (unpaired) electrons. The van der Waals surface area contributed by atoms with E-state index in [2.05, 4.69) is 0 Å². The molecule has 3 N–H and O–H groups in total. The monoisotopic (exact) mass is 248 g/mol. The lowest BCUT2D eigenvalue weighted by Gasteiger charge is -2.45. The summed E-state index contributed by atoms with van der Waals surface area (Å²) in [7, 11) is 0. The van der Waals surface area contributed by atoms with Crippen LogP contribution in [0, 0.1) is 0 Å². The fourth-order valence-electron chi connectivity index (χ4n) is 1.71. The minimum absolute atomic E-state index is 0.208. The van der Waals surface area contributed by atoms with Crippen LogP contribution in [0.4, 0.5) is 0 Å². The van der Waals surface area contributed by atoms with Gasteiger partial charge in [0.15, 0.2) is 18.4 Å². The molecule has 0 spiro atoms. The summed E-state index contributed by atoms with van der Waals surface area (Å²) in [6, 6.07) is 0. The van der Waals surface area contributed by atoms with E-state index >= 15 is 0 Å². The van der Waals surface area contributed by atoms with Crippen molar-refractivity contribution in [2.75, 3.05) is 0 Å². The van der Waals surface area contributed by atoms with E-state index in [9.17, 15) is 24.9 Å². The maximum atomic E-state index is 10.5. The Morgan fingerprint density at radius 2 is 1.41 bits per heavy atom. The zero-order valence-electron chi connectivity index (χ0n) is 9.52. The summed E-state index contributed by atoms with van der Waals surface area (Å²) in [5.41, 5.74) is 0. The van der Waals surface area contributed by atoms with Gasteiger partial charge in [0.05, 0.1) is 0 Å². The fourth-order valence-corrected chi connectivity index (χ4v) is 1.71. The predicted molar refractivity (Wildman–Crippen MR) is 54.0 cm³/mol. The van der Waals surface area contributed by atoms with Crippen molar-refractivity contribution in [3.63, 3.8) is 0 Å². The second kappa shape index (κ2) is 5.19. The lowest BCUT2D eigenvalue weighted by Crippen LogP contribution is -2.61. The van der Waals surface area contributed by atoms with Crippen molar-refractivity contribution < 1.29 is 34.4 Å². The first-order chi connectivity index (χ1) is 7.82. The molecule has 7 nitrogen and oxygen atoms in total. The highest BCUT2D eigenvalue weighted by atomic mass is 16.7. The predicted octanol–water partition coefficient (Wildman–Crippen LogP) is -2.01. The molecule has 98 valence electrons. The molecule has 0 aromatic carbocycles. The Hall–Kier alpha value is -0.860. The van der Waals surface area contributed by atoms with E-state index in [-0.39, 0.29) is 12.6 Å². The largest absolute Gasteiger partial charge is 0.387 e. The third kappa shape index (κ3) is 3.08. The van der Waals surface area contributed by atoms with Crippen molar-refractivity contribution >= 4 is 12.6 Å². The molecule has 5 atom stereocenters. The van der Waals surface area contributed by atoms with E-state index in [4.69, 9.17) is 9.47 Å². The molecular weight excluding hydrogens is 232 g/mol. The Labute approximate surface area is 98.0 Å². The molecule has 1 saturated heterocycles. The quantitative estimate of drug-likeness (QED) is 0.492. The van der Waals surface area contributed by atoms with Gasteiger partial charge in [0, 0.05) is 0 Å². The number of carbonyl (C=O) groups excluding carboxylic acids is 2. The average Bonchev–Trinajstić information content (AvgIpc) is 2.29. The van der Waals surface area contributed by atoms with E-state index in [1.807, 2.05) is 0 Å². The lowest BCUT2D eigenvalue weighted by atomic mass is 9.97. The van der Waals surface area contributed by atoms with Gasteiger partial charge in [-0.2, -0.15) is 0 Å². The molecule has 1 unspecified atom stereocenters. The maximum absolute atomic E-state index is 10.5. The van der Waals surface area contributed by atoms with Crippen LogP contribution in [0.2, 0.25) is 0 Å². The van der Waals surface area contributed by atoms with Gasteiger partial charge in [-0.05, 0) is 13.8 Å². The van der Waals surface area contributed by atoms with Crippen molar-refractivity contribution in [3.8, 4) is 0 Å². The van der Waals surface area contributed by atoms with Crippen LogP contribution in [0.3, 0.4) is 0 Å². The maximum Gasteiger partial charge on any atom is 0.164 e. The van der Waals surface area contributed by atoms with Crippen molar-refractivity contribution in [2.24, 2.45) is 0 Å². The van der Waals surface area contributed by atoms with Crippen LogP contribution >= 0.6 is 0 Å². The van der Waals surface area contributed by atoms with E-state index in [1.54, 1.807) is 0 Å². The van der Waals surface area contributed by atoms with Gasteiger partial charge in [-0.15, -0.1) is 0 Å². The third-order valence-electron chi connectivity index (χ3n) is 2.47. The highest BCUT2D eigenvalue weighted by molar-refractivity contribution is 5.58. The number of aliphatic hydroxyl groups is 3. The molecule has 0 bridgehead atoms. The highest BCUT2D eigenvalue weighted by Crippen LogP contribution is 2.29. The first-order valence-electron chi connectivity index (χ1n) is 5.13. The van der Waals surface area contributed by atoms with Crippen LogP contribution in [0.25, 0.3) is 0 Å². The van der Waals surface area contributed by atoms with E-state index in [1.165, 1.54) is 13.8 Å². The summed E-state index contributed by atoms with van der Waals surface area (Å²) >= 11 is 0. The molecule has 0 aliphatic carbocycles. The summed E-state index contributed by atoms with van der Waals surface area (Å²) in [4.78, 5) is 21.0. The summed E-state index contributed by atoms with van der Waals surface area (Å²) in [5.74, 6) is -1.23. The van der Waals surface area contributed by atoms with Gasteiger partial charge in [-0.1, -0.05) is 0 Å². The zero-order valence-corrected chi connectivity index (χ0v) is 9.52. The van der Waals surface area contributed by atoms with Gasteiger partial charge in [-0.25, -0.2) is 0 Å². The van der Waals surface area contributed by atoms with Gasteiger partial charge in [-0.3, -0.25) is 0 Å². The fraction of sp³-hybridized carbons (Fsp3) is 0.800. The first-order valence-corrected chi connectivity index (χ1v) is 5.13. The molecule has 1 heterocycles. The van der Waals surface area contributed by atoms with Crippen LogP contribution in [0.1, 0.15) is 13.8 Å². The van der Waals surface area contributed by atoms with E-state index in [0.717, 1.165) is 0 Å². The number of rotatable bonds is 4. The summed E-state index contributed by atoms with van der Waals surface area (Å²) in [6.45, 7) is 2.96. The molecule has 0 aromatic rings.